The number of ether oxygens (including phenoxy) is 1. The third-order valence-electron chi connectivity index (χ3n) is 5.55. The first-order chi connectivity index (χ1) is 13.2. The summed E-state index contributed by atoms with van der Waals surface area (Å²) in [6.07, 6.45) is 3.09. The van der Waals surface area contributed by atoms with Crippen molar-refractivity contribution in [1.29, 1.82) is 0 Å². The Morgan fingerprint density at radius 2 is 1.70 bits per heavy atom. The highest BCUT2D eigenvalue weighted by Crippen LogP contribution is 2.26. The van der Waals surface area contributed by atoms with Gasteiger partial charge in [0, 0.05) is 43.4 Å². The summed E-state index contributed by atoms with van der Waals surface area (Å²) in [6.45, 7) is 4.80. The average molecular weight is 387 g/mol. The maximum atomic E-state index is 10.4. The molecule has 0 aromatic heterocycles. The number of halogens is 1. The number of piperazine rings is 1. The Morgan fingerprint density at radius 1 is 0.963 bits per heavy atom. The van der Waals surface area contributed by atoms with E-state index in [0.29, 0.717) is 13.2 Å². The number of rotatable bonds is 6. The van der Waals surface area contributed by atoms with Gasteiger partial charge in [0.15, 0.2) is 0 Å². The van der Waals surface area contributed by atoms with E-state index in [-0.39, 0.29) is 0 Å². The van der Waals surface area contributed by atoms with Crippen LogP contribution in [0.2, 0.25) is 5.02 Å². The topological polar surface area (TPSA) is 35.9 Å². The van der Waals surface area contributed by atoms with Crippen LogP contribution in [0.5, 0.6) is 5.75 Å². The molecule has 144 valence electrons. The first kappa shape index (κ1) is 18.6. The Hall–Kier alpha value is -1.75. The zero-order valence-electron chi connectivity index (χ0n) is 15.6. The molecule has 5 heteroatoms. The summed E-state index contributed by atoms with van der Waals surface area (Å²) in [6, 6.07) is 14.3. The number of aliphatic hydroxyl groups excluding tert-OH is 1. The van der Waals surface area contributed by atoms with Gasteiger partial charge in [-0.3, -0.25) is 4.90 Å². The van der Waals surface area contributed by atoms with Crippen LogP contribution >= 0.6 is 11.6 Å². The molecule has 1 aliphatic heterocycles. The third kappa shape index (κ3) is 4.75. The van der Waals surface area contributed by atoms with Gasteiger partial charge in [-0.2, -0.15) is 0 Å². The van der Waals surface area contributed by atoms with E-state index in [1.165, 1.54) is 29.7 Å². The van der Waals surface area contributed by atoms with E-state index in [9.17, 15) is 5.11 Å². The molecule has 2 aromatic rings. The quantitative estimate of drug-likeness (QED) is 0.825. The SMILES string of the molecule is O[C@@H](COc1ccc2c(c1)CCC2)CN1CCN(c2ccc(Cl)cc2)CC1. The van der Waals surface area contributed by atoms with Crippen LogP contribution in [0.15, 0.2) is 42.5 Å². The summed E-state index contributed by atoms with van der Waals surface area (Å²) in [5.74, 6) is 0.877. The van der Waals surface area contributed by atoms with Crippen molar-refractivity contribution in [3.8, 4) is 5.75 Å². The van der Waals surface area contributed by atoms with Crippen LogP contribution in [0.4, 0.5) is 5.69 Å². The summed E-state index contributed by atoms with van der Waals surface area (Å²) < 4.78 is 5.84. The number of benzene rings is 2. The molecule has 1 atom stereocenters. The third-order valence-corrected chi connectivity index (χ3v) is 5.80. The maximum Gasteiger partial charge on any atom is 0.119 e. The largest absolute Gasteiger partial charge is 0.491 e. The summed E-state index contributed by atoms with van der Waals surface area (Å²) in [5, 5.41) is 11.1. The van der Waals surface area contributed by atoms with E-state index in [4.69, 9.17) is 16.3 Å². The number of anilines is 1. The molecule has 1 fully saturated rings. The molecule has 0 bridgehead atoms. The van der Waals surface area contributed by atoms with Crippen LogP contribution in [0.3, 0.4) is 0 Å². The van der Waals surface area contributed by atoms with Gasteiger partial charge in [0.2, 0.25) is 0 Å². The Kier molecular flexibility index (Phi) is 5.86. The number of β-amino-alcohol motifs (C(OH)–C–C–N with tert-alkyl or cyclic N) is 1. The van der Waals surface area contributed by atoms with Crippen molar-refractivity contribution in [2.75, 3.05) is 44.2 Å². The fourth-order valence-electron chi connectivity index (χ4n) is 4.02. The van der Waals surface area contributed by atoms with Gasteiger partial charge in [-0.25, -0.2) is 0 Å². The zero-order chi connectivity index (χ0) is 18.6. The number of hydrogen-bond acceptors (Lipinski definition) is 4. The Morgan fingerprint density at radius 3 is 2.48 bits per heavy atom. The lowest BCUT2D eigenvalue weighted by Crippen LogP contribution is -2.49. The van der Waals surface area contributed by atoms with Crippen LogP contribution in [0.1, 0.15) is 17.5 Å². The van der Waals surface area contributed by atoms with Crippen molar-refractivity contribution in [2.45, 2.75) is 25.4 Å². The zero-order valence-corrected chi connectivity index (χ0v) is 16.4. The van der Waals surface area contributed by atoms with Crippen molar-refractivity contribution in [1.82, 2.24) is 4.90 Å². The predicted molar refractivity (Wildman–Crippen MR) is 110 cm³/mol. The fourth-order valence-corrected chi connectivity index (χ4v) is 4.15. The van der Waals surface area contributed by atoms with Gasteiger partial charge in [-0.15, -0.1) is 0 Å². The molecule has 27 heavy (non-hydrogen) atoms. The normalized spacial score (nSPS) is 18.4. The molecule has 1 aliphatic carbocycles. The molecule has 0 radical (unpaired) electrons. The fraction of sp³-hybridized carbons (Fsp3) is 0.455. The molecule has 0 unspecified atom stereocenters. The Bertz CT molecular complexity index is 757. The highest BCUT2D eigenvalue weighted by molar-refractivity contribution is 6.30. The van der Waals surface area contributed by atoms with Gasteiger partial charge in [0.05, 0.1) is 0 Å². The van der Waals surface area contributed by atoms with E-state index in [0.717, 1.165) is 43.4 Å². The molecule has 2 aliphatic rings. The molecular weight excluding hydrogens is 360 g/mol. The van der Waals surface area contributed by atoms with Crippen molar-refractivity contribution >= 4 is 17.3 Å². The molecular formula is C22H27ClN2O2. The molecule has 2 aromatic carbocycles. The predicted octanol–water partition coefficient (Wildman–Crippen LogP) is 3.39. The Balaban J connectivity index is 1.21. The van der Waals surface area contributed by atoms with Gasteiger partial charge in [0.1, 0.15) is 18.5 Å². The van der Waals surface area contributed by atoms with Gasteiger partial charge in [-0.05, 0) is 66.8 Å². The van der Waals surface area contributed by atoms with Crippen molar-refractivity contribution < 1.29 is 9.84 Å². The molecule has 4 nitrogen and oxygen atoms in total. The maximum absolute atomic E-state index is 10.4. The van der Waals surface area contributed by atoms with E-state index >= 15 is 0 Å². The highest BCUT2D eigenvalue weighted by Gasteiger charge is 2.20. The van der Waals surface area contributed by atoms with E-state index in [1.807, 2.05) is 18.2 Å². The van der Waals surface area contributed by atoms with Crippen LogP contribution in [0, 0.1) is 0 Å². The van der Waals surface area contributed by atoms with E-state index in [1.54, 1.807) is 0 Å². The second kappa shape index (κ2) is 8.51. The molecule has 0 spiro atoms. The minimum atomic E-state index is -0.472. The van der Waals surface area contributed by atoms with Gasteiger partial charge in [0.25, 0.3) is 0 Å². The first-order valence-corrected chi connectivity index (χ1v) is 10.2. The second-order valence-corrected chi connectivity index (χ2v) is 7.95. The minimum absolute atomic E-state index is 0.343. The summed E-state index contributed by atoms with van der Waals surface area (Å²) >= 11 is 5.97. The molecule has 0 saturated carbocycles. The van der Waals surface area contributed by atoms with E-state index in [2.05, 4.69) is 34.1 Å². The lowest BCUT2D eigenvalue weighted by Gasteiger charge is -2.36. The van der Waals surface area contributed by atoms with E-state index < -0.39 is 6.10 Å². The highest BCUT2D eigenvalue weighted by atomic mass is 35.5. The number of nitrogens with zero attached hydrogens (tertiary/aromatic N) is 2. The molecule has 0 amide bonds. The molecule has 1 heterocycles. The number of aliphatic hydroxyl groups is 1. The number of fused-ring (bicyclic) bond motifs is 1. The summed E-state index contributed by atoms with van der Waals surface area (Å²) in [7, 11) is 0. The van der Waals surface area contributed by atoms with Crippen molar-refractivity contribution in [3.63, 3.8) is 0 Å². The van der Waals surface area contributed by atoms with Gasteiger partial charge < -0.3 is 14.7 Å². The lowest BCUT2D eigenvalue weighted by molar-refractivity contribution is 0.0663. The first-order valence-electron chi connectivity index (χ1n) is 9.83. The summed E-state index contributed by atoms with van der Waals surface area (Å²) in [5.41, 5.74) is 4.06. The Labute approximate surface area is 166 Å². The van der Waals surface area contributed by atoms with Crippen molar-refractivity contribution in [2.24, 2.45) is 0 Å². The average Bonchev–Trinajstić information content (AvgIpc) is 3.15. The minimum Gasteiger partial charge on any atom is -0.491 e. The molecule has 4 rings (SSSR count). The number of hydrogen-bond donors (Lipinski definition) is 1. The van der Waals surface area contributed by atoms with Gasteiger partial charge in [-0.1, -0.05) is 17.7 Å². The lowest BCUT2D eigenvalue weighted by atomic mass is 10.1. The summed E-state index contributed by atoms with van der Waals surface area (Å²) in [4.78, 5) is 4.67. The van der Waals surface area contributed by atoms with Crippen molar-refractivity contribution in [3.05, 3.63) is 58.6 Å². The van der Waals surface area contributed by atoms with Crippen LogP contribution in [0.25, 0.3) is 0 Å². The van der Waals surface area contributed by atoms with Gasteiger partial charge >= 0.3 is 0 Å². The second-order valence-electron chi connectivity index (χ2n) is 7.51. The van der Waals surface area contributed by atoms with Crippen LogP contribution in [-0.4, -0.2) is 55.4 Å². The molecule has 1 N–H and O–H groups in total. The standard InChI is InChI=1S/C22H27ClN2O2/c23-19-5-7-20(8-6-19)25-12-10-24(11-13-25)15-21(26)16-27-22-9-4-17-2-1-3-18(17)14-22/h4-9,14,21,26H,1-3,10-13,15-16H2/t21-/m1/s1. The number of aryl methyl sites for hydroxylation is 2. The smallest absolute Gasteiger partial charge is 0.119 e. The van der Waals surface area contributed by atoms with Crippen LogP contribution in [-0.2, 0) is 12.8 Å². The van der Waals surface area contributed by atoms with Crippen LogP contribution < -0.4 is 9.64 Å². The molecule has 1 saturated heterocycles. The monoisotopic (exact) mass is 386 g/mol.